The van der Waals surface area contributed by atoms with E-state index in [1.165, 1.54) is 23.3 Å². The highest BCUT2D eigenvalue weighted by molar-refractivity contribution is 6.08. The number of nitrogens with one attached hydrogen (secondary N) is 1. The van der Waals surface area contributed by atoms with Gasteiger partial charge < -0.3 is 5.32 Å². The molecule has 1 heterocycles. The molecule has 2 bridgehead atoms. The van der Waals surface area contributed by atoms with Gasteiger partial charge in [0.15, 0.2) is 0 Å². The highest BCUT2D eigenvalue weighted by Crippen LogP contribution is 2.52. The Morgan fingerprint density at radius 2 is 1.83 bits per heavy atom. The van der Waals surface area contributed by atoms with Crippen LogP contribution in [0.3, 0.4) is 0 Å². The van der Waals surface area contributed by atoms with Crippen LogP contribution in [0.25, 0.3) is 0 Å². The van der Waals surface area contributed by atoms with E-state index in [1.54, 1.807) is 0 Å². The Kier molecular flexibility index (Phi) is 4.02. The quantitative estimate of drug-likeness (QED) is 0.618. The summed E-state index contributed by atoms with van der Waals surface area (Å²) >= 11 is 0. The summed E-state index contributed by atoms with van der Waals surface area (Å²) in [6.45, 7) is 0.462. The van der Waals surface area contributed by atoms with E-state index in [-0.39, 0.29) is 47.9 Å². The highest BCUT2D eigenvalue weighted by atomic mass is 16.2. The van der Waals surface area contributed by atoms with Crippen LogP contribution in [0.2, 0.25) is 0 Å². The SMILES string of the molecule is O=C(CN1C(=O)[C@H]2[C@H](C1=O)[C@H]1C=C[C@H]2C1)NCCC1=CCCCC1. The summed E-state index contributed by atoms with van der Waals surface area (Å²) in [5.74, 6) is -0.557. The van der Waals surface area contributed by atoms with Gasteiger partial charge in [-0.25, -0.2) is 0 Å². The Balaban J connectivity index is 1.29. The van der Waals surface area contributed by atoms with E-state index in [4.69, 9.17) is 0 Å². The fourth-order valence-electron chi connectivity index (χ4n) is 4.81. The van der Waals surface area contributed by atoms with Crippen LogP contribution in [0.4, 0.5) is 0 Å². The first kappa shape index (κ1) is 15.6. The number of hydrogen-bond donors (Lipinski definition) is 1. The van der Waals surface area contributed by atoms with Gasteiger partial charge in [-0.2, -0.15) is 0 Å². The maximum absolute atomic E-state index is 12.5. The highest BCUT2D eigenvalue weighted by Gasteiger charge is 2.59. The van der Waals surface area contributed by atoms with Crippen molar-refractivity contribution in [1.82, 2.24) is 10.2 Å². The van der Waals surface area contributed by atoms with Crippen molar-refractivity contribution in [2.75, 3.05) is 13.1 Å². The van der Waals surface area contributed by atoms with Gasteiger partial charge in [0, 0.05) is 6.54 Å². The number of carbonyl (C=O) groups excluding carboxylic acids is 3. The third-order valence-electron chi connectivity index (χ3n) is 6.02. The number of allylic oxidation sites excluding steroid dienone is 3. The molecule has 0 radical (unpaired) electrons. The fraction of sp³-hybridized carbons (Fsp3) is 0.632. The van der Waals surface area contributed by atoms with Gasteiger partial charge in [0.05, 0.1) is 11.8 Å². The number of fused-ring (bicyclic) bond motifs is 5. The molecule has 0 aromatic heterocycles. The molecule has 0 spiro atoms. The van der Waals surface area contributed by atoms with Crippen molar-refractivity contribution >= 4 is 17.7 Å². The Morgan fingerprint density at radius 1 is 1.12 bits per heavy atom. The van der Waals surface area contributed by atoms with Crippen LogP contribution < -0.4 is 5.32 Å². The Hall–Kier alpha value is -1.91. The molecule has 4 atom stereocenters. The van der Waals surface area contributed by atoms with E-state index in [1.807, 2.05) is 0 Å². The third-order valence-corrected chi connectivity index (χ3v) is 6.02. The molecule has 24 heavy (non-hydrogen) atoms. The van der Waals surface area contributed by atoms with Gasteiger partial charge in [-0.1, -0.05) is 23.8 Å². The Bertz CT molecular complexity index is 607. The zero-order valence-corrected chi connectivity index (χ0v) is 13.9. The van der Waals surface area contributed by atoms with E-state index in [2.05, 4.69) is 23.5 Å². The lowest BCUT2D eigenvalue weighted by Gasteiger charge is -2.17. The molecule has 3 aliphatic carbocycles. The lowest BCUT2D eigenvalue weighted by Crippen LogP contribution is -2.42. The maximum Gasteiger partial charge on any atom is 0.240 e. The monoisotopic (exact) mass is 328 g/mol. The Morgan fingerprint density at radius 3 is 2.46 bits per heavy atom. The van der Waals surface area contributed by atoms with Crippen LogP contribution in [0.15, 0.2) is 23.8 Å². The van der Waals surface area contributed by atoms with Gasteiger partial charge >= 0.3 is 0 Å². The van der Waals surface area contributed by atoms with E-state index in [0.29, 0.717) is 6.54 Å². The molecule has 128 valence electrons. The van der Waals surface area contributed by atoms with Crippen LogP contribution in [0.5, 0.6) is 0 Å². The standard InChI is InChI=1S/C19H24N2O3/c22-15(20-9-8-12-4-2-1-3-5-12)11-21-18(23)16-13-6-7-14(10-13)17(16)19(21)24/h4,6-7,13-14,16-17H,1-3,5,8-11H2,(H,20,22)/t13-,14-,16+,17+/m0/s1. The number of nitrogens with zero attached hydrogens (tertiary/aromatic N) is 1. The molecule has 1 aliphatic heterocycles. The summed E-state index contributed by atoms with van der Waals surface area (Å²) in [7, 11) is 0. The molecule has 5 heteroatoms. The third kappa shape index (κ3) is 2.60. The lowest BCUT2D eigenvalue weighted by atomic mass is 9.85. The van der Waals surface area contributed by atoms with Crippen LogP contribution in [0.1, 0.15) is 38.5 Å². The number of rotatable bonds is 5. The molecule has 2 fully saturated rings. The van der Waals surface area contributed by atoms with Crippen molar-refractivity contribution in [3.05, 3.63) is 23.8 Å². The van der Waals surface area contributed by atoms with Crippen LogP contribution in [-0.4, -0.2) is 35.7 Å². The van der Waals surface area contributed by atoms with Gasteiger partial charge in [-0.3, -0.25) is 19.3 Å². The van der Waals surface area contributed by atoms with Crippen molar-refractivity contribution in [3.63, 3.8) is 0 Å². The maximum atomic E-state index is 12.5. The molecule has 0 aromatic rings. The molecule has 5 nitrogen and oxygen atoms in total. The van der Waals surface area contributed by atoms with Crippen LogP contribution >= 0.6 is 0 Å². The number of hydrogen-bond acceptors (Lipinski definition) is 3. The molecular weight excluding hydrogens is 304 g/mol. The largest absolute Gasteiger partial charge is 0.354 e. The van der Waals surface area contributed by atoms with Crippen LogP contribution in [0, 0.1) is 23.7 Å². The summed E-state index contributed by atoms with van der Waals surface area (Å²) in [6.07, 6.45) is 12.9. The van der Waals surface area contributed by atoms with Crippen molar-refractivity contribution in [2.45, 2.75) is 38.5 Å². The summed E-state index contributed by atoms with van der Waals surface area (Å²) in [5, 5.41) is 2.86. The average Bonchev–Trinajstić information content (AvgIpc) is 3.26. The second-order valence-electron chi connectivity index (χ2n) is 7.47. The van der Waals surface area contributed by atoms with Crippen molar-refractivity contribution < 1.29 is 14.4 Å². The normalized spacial score (nSPS) is 33.8. The minimum Gasteiger partial charge on any atom is -0.354 e. The van der Waals surface area contributed by atoms with Gasteiger partial charge in [-0.05, 0) is 50.4 Å². The van der Waals surface area contributed by atoms with E-state index in [9.17, 15) is 14.4 Å². The molecule has 1 saturated carbocycles. The zero-order chi connectivity index (χ0) is 16.7. The smallest absolute Gasteiger partial charge is 0.240 e. The molecule has 1 N–H and O–H groups in total. The van der Waals surface area contributed by atoms with Gasteiger partial charge in [0.2, 0.25) is 17.7 Å². The predicted octanol–water partition coefficient (Wildman–Crippen LogP) is 1.80. The first-order valence-corrected chi connectivity index (χ1v) is 9.13. The molecule has 0 unspecified atom stereocenters. The molecule has 1 saturated heterocycles. The topological polar surface area (TPSA) is 66.5 Å². The summed E-state index contributed by atoms with van der Waals surface area (Å²) in [4.78, 5) is 38.4. The minimum atomic E-state index is -0.228. The van der Waals surface area contributed by atoms with Gasteiger partial charge in [-0.15, -0.1) is 0 Å². The molecular formula is C19H24N2O3. The average molecular weight is 328 g/mol. The number of imide groups is 1. The van der Waals surface area contributed by atoms with E-state index >= 15 is 0 Å². The number of carbonyl (C=O) groups is 3. The second-order valence-corrected chi connectivity index (χ2v) is 7.47. The van der Waals surface area contributed by atoms with E-state index in [0.717, 1.165) is 25.7 Å². The first-order valence-electron chi connectivity index (χ1n) is 9.13. The van der Waals surface area contributed by atoms with Gasteiger partial charge in [0.25, 0.3) is 0 Å². The summed E-state index contributed by atoms with van der Waals surface area (Å²) < 4.78 is 0. The molecule has 3 amide bonds. The van der Waals surface area contributed by atoms with Crippen molar-refractivity contribution in [3.8, 4) is 0 Å². The minimum absolute atomic E-state index is 0.122. The van der Waals surface area contributed by atoms with Crippen LogP contribution in [-0.2, 0) is 14.4 Å². The summed E-state index contributed by atoms with van der Waals surface area (Å²) in [6, 6.07) is 0. The fourth-order valence-corrected chi connectivity index (χ4v) is 4.81. The van der Waals surface area contributed by atoms with E-state index < -0.39 is 0 Å². The Labute approximate surface area is 142 Å². The second kappa shape index (κ2) is 6.19. The zero-order valence-electron chi connectivity index (χ0n) is 13.9. The number of amides is 3. The predicted molar refractivity (Wildman–Crippen MR) is 88.6 cm³/mol. The van der Waals surface area contributed by atoms with Crippen molar-refractivity contribution in [2.24, 2.45) is 23.7 Å². The summed E-state index contributed by atoms with van der Waals surface area (Å²) in [5.41, 5.74) is 1.41. The lowest BCUT2D eigenvalue weighted by molar-refractivity contribution is -0.144. The number of likely N-dealkylation sites (tertiary alicyclic amines) is 1. The molecule has 0 aromatic carbocycles. The van der Waals surface area contributed by atoms with Gasteiger partial charge in [0.1, 0.15) is 6.54 Å². The molecule has 4 aliphatic rings. The first-order chi connectivity index (χ1) is 11.6. The molecule has 4 rings (SSSR count). The van der Waals surface area contributed by atoms with Crippen molar-refractivity contribution in [1.29, 1.82) is 0 Å².